The molecule has 0 aliphatic carbocycles. The first-order chi connectivity index (χ1) is 11.0. The molecule has 1 amide bonds. The molecule has 128 valence electrons. The molecule has 23 heavy (non-hydrogen) atoms. The minimum Gasteiger partial charge on any atom is -0.385 e. The molecule has 1 atom stereocenters. The van der Waals surface area contributed by atoms with Crippen molar-refractivity contribution in [3.05, 3.63) is 35.6 Å². The molecule has 0 fully saturated rings. The van der Waals surface area contributed by atoms with Gasteiger partial charge < -0.3 is 14.8 Å². The molecule has 6 nitrogen and oxygen atoms in total. The Kier molecular flexibility index (Phi) is 7.87. The number of carbonyl (C=O) groups excluding carboxylic acids is 1. The molecule has 0 spiro atoms. The van der Waals surface area contributed by atoms with Gasteiger partial charge in [-0.05, 0) is 31.6 Å². The molecule has 0 aromatic heterocycles. The van der Waals surface area contributed by atoms with Crippen LogP contribution in [0.3, 0.4) is 0 Å². The van der Waals surface area contributed by atoms with Crippen LogP contribution in [0.4, 0.5) is 4.39 Å². The van der Waals surface area contributed by atoms with E-state index in [9.17, 15) is 9.18 Å². The zero-order chi connectivity index (χ0) is 17.3. The summed E-state index contributed by atoms with van der Waals surface area (Å²) in [5.41, 5.74) is 3.65. The van der Waals surface area contributed by atoms with Crippen molar-refractivity contribution in [2.75, 3.05) is 27.4 Å². The van der Waals surface area contributed by atoms with E-state index in [-0.39, 0.29) is 10.7 Å². The molecule has 0 aliphatic heterocycles. The molecule has 8 heteroatoms. The third kappa shape index (κ3) is 5.42. The fourth-order valence-corrected chi connectivity index (χ4v) is 2.02. The average Bonchev–Trinajstić information content (AvgIpc) is 2.56. The van der Waals surface area contributed by atoms with Crippen molar-refractivity contribution in [1.82, 2.24) is 16.2 Å². The second-order valence-electron chi connectivity index (χ2n) is 4.90. The van der Waals surface area contributed by atoms with Gasteiger partial charge in [-0.2, -0.15) is 0 Å². The molecule has 1 rings (SSSR count). The minimum atomic E-state index is -1.48. The van der Waals surface area contributed by atoms with Crippen molar-refractivity contribution in [3.8, 4) is 0 Å². The number of amides is 1. The van der Waals surface area contributed by atoms with Gasteiger partial charge in [-0.15, -0.1) is 0 Å². The van der Waals surface area contributed by atoms with Gasteiger partial charge in [0.2, 0.25) is 0 Å². The van der Waals surface area contributed by atoms with Crippen LogP contribution in [0.25, 0.3) is 0 Å². The number of nitrogens with one attached hydrogen (secondary N) is 3. The first-order valence-corrected chi connectivity index (χ1v) is 7.50. The Morgan fingerprint density at radius 1 is 1.30 bits per heavy atom. The van der Waals surface area contributed by atoms with E-state index in [0.29, 0.717) is 13.2 Å². The van der Waals surface area contributed by atoms with Crippen LogP contribution in [0.5, 0.6) is 0 Å². The summed E-state index contributed by atoms with van der Waals surface area (Å²) in [5.74, 6) is -1.08. The standard InChI is InChI=1S/C15H22FN3O3S/c1-15(22-3,11-7-4-5-8-12(11)16)13(20)18-19-14(23)17-9-6-10-21-2/h4-5,7-8H,6,9-10H2,1-3H3,(H,18,20)(H2,17,19,23). The zero-order valence-corrected chi connectivity index (χ0v) is 14.3. The number of methoxy groups -OCH3 is 2. The van der Waals surface area contributed by atoms with Crippen molar-refractivity contribution in [2.45, 2.75) is 18.9 Å². The number of thiocarbonyl (C=S) groups is 1. The van der Waals surface area contributed by atoms with Crippen LogP contribution in [-0.4, -0.2) is 38.4 Å². The number of hydrogen-bond acceptors (Lipinski definition) is 4. The maximum absolute atomic E-state index is 13.9. The van der Waals surface area contributed by atoms with Gasteiger partial charge >= 0.3 is 0 Å². The van der Waals surface area contributed by atoms with Crippen LogP contribution in [0.15, 0.2) is 24.3 Å². The molecule has 0 radical (unpaired) electrons. The third-order valence-corrected chi connectivity index (χ3v) is 3.58. The summed E-state index contributed by atoms with van der Waals surface area (Å²) in [4.78, 5) is 12.4. The highest BCUT2D eigenvalue weighted by molar-refractivity contribution is 7.80. The van der Waals surface area contributed by atoms with Crippen molar-refractivity contribution < 1.29 is 18.7 Å². The maximum atomic E-state index is 13.9. The molecular formula is C15H22FN3O3S. The lowest BCUT2D eigenvalue weighted by Gasteiger charge is -2.28. The summed E-state index contributed by atoms with van der Waals surface area (Å²) < 4.78 is 24.1. The van der Waals surface area contributed by atoms with Crippen LogP contribution in [0, 0.1) is 5.82 Å². The van der Waals surface area contributed by atoms with E-state index in [1.165, 1.54) is 26.2 Å². The summed E-state index contributed by atoms with van der Waals surface area (Å²) in [5, 5.41) is 3.16. The lowest BCUT2D eigenvalue weighted by molar-refractivity contribution is -0.143. The van der Waals surface area contributed by atoms with E-state index in [1.54, 1.807) is 19.2 Å². The van der Waals surface area contributed by atoms with E-state index in [1.807, 2.05) is 0 Å². The summed E-state index contributed by atoms with van der Waals surface area (Å²) in [6.45, 7) is 2.69. The number of rotatable bonds is 7. The van der Waals surface area contributed by atoms with E-state index in [4.69, 9.17) is 21.7 Å². The molecule has 1 unspecified atom stereocenters. The summed E-state index contributed by atoms with van der Waals surface area (Å²) in [7, 11) is 2.96. The SMILES string of the molecule is COCCCNC(=S)NNC(=O)C(C)(OC)c1ccccc1F. The Labute approximate surface area is 140 Å². The van der Waals surface area contributed by atoms with Crippen molar-refractivity contribution in [1.29, 1.82) is 0 Å². The Morgan fingerprint density at radius 3 is 2.61 bits per heavy atom. The van der Waals surface area contributed by atoms with Crippen molar-refractivity contribution >= 4 is 23.2 Å². The van der Waals surface area contributed by atoms with Gasteiger partial charge in [-0.1, -0.05) is 18.2 Å². The average molecular weight is 343 g/mol. The Morgan fingerprint density at radius 2 is 2.00 bits per heavy atom. The zero-order valence-electron chi connectivity index (χ0n) is 13.4. The highest BCUT2D eigenvalue weighted by Crippen LogP contribution is 2.27. The number of carbonyl (C=O) groups is 1. The first-order valence-electron chi connectivity index (χ1n) is 7.09. The lowest BCUT2D eigenvalue weighted by atomic mass is 9.94. The lowest BCUT2D eigenvalue weighted by Crippen LogP contribution is -2.53. The topological polar surface area (TPSA) is 71.6 Å². The van der Waals surface area contributed by atoms with Gasteiger partial charge in [0.1, 0.15) is 5.82 Å². The van der Waals surface area contributed by atoms with E-state index < -0.39 is 17.3 Å². The molecular weight excluding hydrogens is 321 g/mol. The van der Waals surface area contributed by atoms with Crippen molar-refractivity contribution in [3.63, 3.8) is 0 Å². The number of halogens is 1. The molecule has 0 saturated carbocycles. The van der Waals surface area contributed by atoms with E-state index >= 15 is 0 Å². The maximum Gasteiger partial charge on any atom is 0.275 e. The van der Waals surface area contributed by atoms with Gasteiger partial charge in [0, 0.05) is 32.9 Å². The Hall–Kier alpha value is -1.77. The molecule has 0 bridgehead atoms. The Bertz CT molecular complexity index is 544. The largest absolute Gasteiger partial charge is 0.385 e. The van der Waals surface area contributed by atoms with Gasteiger partial charge in [-0.3, -0.25) is 15.6 Å². The fraction of sp³-hybridized carbons (Fsp3) is 0.467. The number of ether oxygens (including phenoxy) is 2. The van der Waals surface area contributed by atoms with Gasteiger partial charge in [-0.25, -0.2) is 4.39 Å². The van der Waals surface area contributed by atoms with Crippen LogP contribution < -0.4 is 16.2 Å². The highest BCUT2D eigenvalue weighted by Gasteiger charge is 2.37. The quantitative estimate of drug-likeness (QED) is 0.393. The minimum absolute atomic E-state index is 0.140. The van der Waals surface area contributed by atoms with E-state index in [2.05, 4.69) is 16.2 Å². The molecule has 0 saturated heterocycles. The predicted molar refractivity (Wildman–Crippen MR) is 89.1 cm³/mol. The number of hydrazine groups is 1. The normalized spacial score (nSPS) is 13.0. The second kappa shape index (κ2) is 9.39. The predicted octanol–water partition coefficient (Wildman–Crippen LogP) is 1.22. The summed E-state index contributed by atoms with van der Waals surface area (Å²) in [6.07, 6.45) is 0.775. The Balaban J connectivity index is 2.61. The molecule has 1 aromatic rings. The van der Waals surface area contributed by atoms with Crippen LogP contribution in [0.2, 0.25) is 0 Å². The summed E-state index contributed by atoms with van der Waals surface area (Å²) >= 11 is 5.03. The third-order valence-electron chi connectivity index (χ3n) is 3.33. The molecule has 1 aromatic carbocycles. The summed E-state index contributed by atoms with van der Waals surface area (Å²) in [6, 6.07) is 5.96. The van der Waals surface area contributed by atoms with Crippen LogP contribution in [0.1, 0.15) is 18.9 Å². The second-order valence-corrected chi connectivity index (χ2v) is 5.31. The van der Waals surface area contributed by atoms with Gasteiger partial charge in [0.05, 0.1) is 0 Å². The molecule has 0 heterocycles. The van der Waals surface area contributed by atoms with E-state index in [0.717, 1.165) is 6.42 Å². The first kappa shape index (κ1) is 19.3. The van der Waals surface area contributed by atoms with Gasteiger partial charge in [0.25, 0.3) is 5.91 Å². The molecule has 0 aliphatic rings. The monoisotopic (exact) mass is 343 g/mol. The van der Waals surface area contributed by atoms with Crippen molar-refractivity contribution in [2.24, 2.45) is 0 Å². The number of hydrogen-bond donors (Lipinski definition) is 3. The molecule has 3 N–H and O–H groups in total. The number of benzene rings is 1. The smallest absolute Gasteiger partial charge is 0.275 e. The fourth-order valence-electron chi connectivity index (χ4n) is 1.87. The van der Waals surface area contributed by atoms with Crippen LogP contribution in [-0.2, 0) is 19.9 Å². The highest BCUT2D eigenvalue weighted by atomic mass is 32.1. The van der Waals surface area contributed by atoms with Gasteiger partial charge in [0.15, 0.2) is 10.7 Å². The van der Waals surface area contributed by atoms with Crippen LogP contribution >= 0.6 is 12.2 Å².